The Balaban J connectivity index is 2.21. The van der Waals surface area contributed by atoms with Crippen LogP contribution in [0.2, 0.25) is 0 Å². The van der Waals surface area contributed by atoms with E-state index in [1.54, 1.807) is 0 Å². The first kappa shape index (κ1) is 17.9. The van der Waals surface area contributed by atoms with E-state index in [2.05, 4.69) is 51.3 Å². The van der Waals surface area contributed by atoms with Crippen molar-refractivity contribution in [1.82, 2.24) is 0 Å². The summed E-state index contributed by atoms with van der Waals surface area (Å²) in [5.74, 6) is 0.0280. The normalized spacial score (nSPS) is 36.8. The summed E-state index contributed by atoms with van der Waals surface area (Å²) in [5.41, 5.74) is 0.314. The predicted molar refractivity (Wildman–Crippen MR) is 97.8 cm³/mol. The molecule has 0 spiro atoms. The summed E-state index contributed by atoms with van der Waals surface area (Å²) in [7, 11) is 0. The Morgan fingerprint density at radius 3 is 2.86 bits per heavy atom. The monoisotopic (exact) mass is 520 g/mol. The fourth-order valence-electron chi connectivity index (χ4n) is 3.88. The van der Waals surface area contributed by atoms with E-state index in [4.69, 9.17) is 4.74 Å². The van der Waals surface area contributed by atoms with Crippen LogP contribution in [-0.4, -0.2) is 43.3 Å². The third-order valence-corrected chi connectivity index (χ3v) is 7.94. The number of aliphatic hydroxyl groups excluding tert-OH is 2. The van der Waals surface area contributed by atoms with Crippen molar-refractivity contribution in [3.8, 4) is 0 Å². The van der Waals surface area contributed by atoms with E-state index in [-0.39, 0.29) is 34.4 Å². The van der Waals surface area contributed by atoms with E-state index < -0.39 is 5.60 Å². The number of hydrogen-bond donors (Lipinski definition) is 2. The number of hydrogen-bond acceptors (Lipinski definition) is 4. The average Bonchev–Trinajstić information content (AvgIpc) is 2.44. The molecule has 0 aromatic rings. The predicted octanol–water partition coefficient (Wildman–Crippen LogP) is 2.63. The molecule has 0 aliphatic heterocycles. The molecule has 2 aliphatic rings. The number of ether oxygens (including phenoxy) is 1. The fraction of sp³-hybridized carbons (Fsp3) is 0.800. The number of fused-ring (bicyclic) bond motifs is 2. The van der Waals surface area contributed by atoms with Crippen molar-refractivity contribution in [3.05, 3.63) is 11.6 Å². The van der Waals surface area contributed by atoms with Crippen molar-refractivity contribution in [1.29, 1.82) is 0 Å². The van der Waals surface area contributed by atoms with E-state index >= 15 is 0 Å². The lowest BCUT2D eigenvalue weighted by Gasteiger charge is -2.49. The van der Waals surface area contributed by atoms with Crippen molar-refractivity contribution >= 4 is 51.2 Å². The van der Waals surface area contributed by atoms with Crippen LogP contribution in [0.15, 0.2) is 11.6 Å². The highest BCUT2D eigenvalue weighted by Gasteiger charge is 2.48. The van der Waals surface area contributed by atoms with Gasteiger partial charge in [-0.3, -0.25) is 4.79 Å². The SMILES string of the molecule is CC1(OC(=O)C(I)CI)C=C2CC(CO)CC(CO)(C2)C1. The van der Waals surface area contributed by atoms with Gasteiger partial charge in [0.15, 0.2) is 0 Å². The molecule has 2 N–H and O–H groups in total. The van der Waals surface area contributed by atoms with E-state index in [0.29, 0.717) is 6.42 Å². The van der Waals surface area contributed by atoms with Crippen LogP contribution in [0, 0.1) is 11.3 Å². The Hall–Kier alpha value is 0.590. The van der Waals surface area contributed by atoms with Gasteiger partial charge in [0.25, 0.3) is 0 Å². The molecule has 21 heavy (non-hydrogen) atoms. The molecule has 1 fully saturated rings. The minimum absolute atomic E-state index is 0.0773. The lowest BCUT2D eigenvalue weighted by atomic mass is 9.60. The summed E-state index contributed by atoms with van der Waals surface area (Å²) < 4.78 is 6.34. The number of carbonyl (C=O) groups is 1. The maximum absolute atomic E-state index is 12.1. The summed E-state index contributed by atoms with van der Waals surface area (Å²) in [5, 5.41) is 19.3. The molecule has 0 aromatic heterocycles. The van der Waals surface area contributed by atoms with Gasteiger partial charge in [-0.05, 0) is 44.6 Å². The summed E-state index contributed by atoms with van der Waals surface area (Å²) in [4.78, 5) is 12.1. The molecule has 4 unspecified atom stereocenters. The van der Waals surface area contributed by atoms with Crippen molar-refractivity contribution in [2.24, 2.45) is 11.3 Å². The van der Waals surface area contributed by atoms with E-state index in [9.17, 15) is 15.0 Å². The second-order valence-electron chi connectivity index (χ2n) is 6.63. The van der Waals surface area contributed by atoms with Gasteiger partial charge in [-0.1, -0.05) is 50.8 Å². The van der Waals surface area contributed by atoms with Crippen molar-refractivity contribution in [2.75, 3.05) is 17.6 Å². The molecule has 0 saturated heterocycles. The first-order valence-corrected chi connectivity index (χ1v) is 9.98. The van der Waals surface area contributed by atoms with Crippen molar-refractivity contribution in [3.63, 3.8) is 0 Å². The summed E-state index contributed by atoms with van der Waals surface area (Å²) in [6.45, 7) is 2.17. The van der Waals surface area contributed by atoms with Crippen LogP contribution in [0.5, 0.6) is 0 Å². The molecule has 4 atom stereocenters. The number of carbonyl (C=O) groups excluding carboxylic acids is 1. The Labute approximate surface area is 153 Å². The Kier molecular flexibility index (Phi) is 5.98. The summed E-state index contributed by atoms with van der Waals surface area (Å²) in [6.07, 6.45) is 5.17. The van der Waals surface area contributed by atoms with Crippen molar-refractivity contribution in [2.45, 2.75) is 42.1 Å². The average molecular weight is 520 g/mol. The molecule has 0 amide bonds. The highest BCUT2D eigenvalue weighted by molar-refractivity contribution is 14.1. The van der Waals surface area contributed by atoms with Gasteiger partial charge in [-0.15, -0.1) is 0 Å². The van der Waals surface area contributed by atoms with Crippen LogP contribution in [0.1, 0.15) is 32.6 Å². The molecule has 2 bridgehead atoms. The molecule has 120 valence electrons. The maximum Gasteiger partial charge on any atom is 0.320 e. The highest BCUT2D eigenvalue weighted by atomic mass is 127. The van der Waals surface area contributed by atoms with Crippen molar-refractivity contribution < 1.29 is 19.7 Å². The van der Waals surface area contributed by atoms with E-state index in [1.807, 2.05) is 6.92 Å². The van der Waals surface area contributed by atoms with Gasteiger partial charge in [0, 0.05) is 23.1 Å². The van der Waals surface area contributed by atoms with Gasteiger partial charge in [-0.25, -0.2) is 0 Å². The van der Waals surface area contributed by atoms with Gasteiger partial charge in [-0.2, -0.15) is 0 Å². The van der Waals surface area contributed by atoms with Crippen LogP contribution in [0.25, 0.3) is 0 Å². The van der Waals surface area contributed by atoms with E-state index in [1.165, 1.54) is 5.57 Å². The third kappa shape index (κ3) is 4.11. The zero-order chi connectivity index (χ0) is 15.7. The van der Waals surface area contributed by atoms with Gasteiger partial charge in [0.2, 0.25) is 0 Å². The molecular formula is C15H22I2O4. The second kappa shape index (κ2) is 7.00. The van der Waals surface area contributed by atoms with Crippen LogP contribution < -0.4 is 0 Å². The molecule has 0 aromatic carbocycles. The Morgan fingerprint density at radius 1 is 1.57 bits per heavy atom. The number of halogens is 2. The van der Waals surface area contributed by atoms with Gasteiger partial charge in [0.1, 0.15) is 9.53 Å². The van der Waals surface area contributed by atoms with Gasteiger partial charge in [0.05, 0.1) is 0 Å². The number of rotatable bonds is 5. The number of esters is 1. The zero-order valence-corrected chi connectivity index (χ0v) is 16.5. The first-order chi connectivity index (χ1) is 9.85. The van der Waals surface area contributed by atoms with E-state index in [0.717, 1.165) is 23.7 Å². The van der Waals surface area contributed by atoms with Gasteiger partial charge >= 0.3 is 5.97 Å². The lowest BCUT2D eigenvalue weighted by Crippen LogP contribution is -2.47. The minimum Gasteiger partial charge on any atom is -0.454 e. The summed E-state index contributed by atoms with van der Waals surface area (Å²) >= 11 is 4.29. The quantitative estimate of drug-likeness (QED) is 0.254. The molecular weight excluding hydrogens is 498 g/mol. The third-order valence-electron chi connectivity index (χ3n) is 4.43. The lowest BCUT2D eigenvalue weighted by molar-refractivity contribution is -0.157. The smallest absolute Gasteiger partial charge is 0.320 e. The fourth-order valence-corrected chi connectivity index (χ4v) is 4.37. The topological polar surface area (TPSA) is 66.8 Å². The van der Waals surface area contributed by atoms with Crippen LogP contribution in [0.3, 0.4) is 0 Å². The zero-order valence-electron chi connectivity index (χ0n) is 12.1. The molecule has 1 saturated carbocycles. The minimum atomic E-state index is -0.636. The maximum atomic E-state index is 12.1. The molecule has 4 nitrogen and oxygen atoms in total. The number of allylic oxidation sites excluding steroid dienone is 1. The molecule has 2 aliphatic carbocycles. The molecule has 6 heteroatoms. The molecule has 0 radical (unpaired) electrons. The standard InChI is InChI=1S/C15H22I2O4/c1-14(21-13(20)12(17)6-16)3-10-2-11(7-18)5-15(4-10,8-14)9-19/h3,11-12,18-19H,2,4-9H2,1H3. The van der Waals surface area contributed by atoms with Crippen LogP contribution in [0.4, 0.5) is 0 Å². The second-order valence-corrected chi connectivity index (χ2v) is 9.01. The largest absolute Gasteiger partial charge is 0.454 e. The number of alkyl halides is 2. The Morgan fingerprint density at radius 2 is 2.29 bits per heavy atom. The molecule has 2 rings (SSSR count). The Bertz CT molecular complexity index is 439. The first-order valence-electron chi connectivity index (χ1n) is 7.20. The van der Waals surface area contributed by atoms with Crippen LogP contribution in [-0.2, 0) is 9.53 Å². The van der Waals surface area contributed by atoms with Gasteiger partial charge < -0.3 is 14.9 Å². The molecule has 0 heterocycles. The summed E-state index contributed by atoms with van der Waals surface area (Å²) in [6, 6.07) is 0. The highest BCUT2D eigenvalue weighted by Crippen LogP contribution is 2.51. The number of aliphatic hydroxyl groups is 2. The van der Waals surface area contributed by atoms with Crippen LogP contribution >= 0.6 is 45.2 Å².